The molecule has 2 aromatic rings. The SMILES string of the molecule is C=CCOc1ccc(-c2ccc(C=CCCCC(C)OCCCCC)cc2)c(F)c1F. The lowest BCUT2D eigenvalue weighted by Gasteiger charge is -2.12. The van der Waals surface area contributed by atoms with Crippen molar-refractivity contribution in [3.05, 3.63) is 72.3 Å². The minimum absolute atomic E-state index is 0.110. The predicted octanol–water partition coefficient (Wildman–Crippen LogP) is 7.98. The first-order valence-corrected chi connectivity index (χ1v) is 11.2. The van der Waals surface area contributed by atoms with Gasteiger partial charge >= 0.3 is 0 Å². The van der Waals surface area contributed by atoms with E-state index >= 15 is 0 Å². The molecule has 0 aliphatic rings. The van der Waals surface area contributed by atoms with Crippen LogP contribution in [0, 0.1) is 11.6 Å². The van der Waals surface area contributed by atoms with Crippen LogP contribution in [0.25, 0.3) is 17.2 Å². The third-order valence-electron chi connectivity index (χ3n) is 5.07. The van der Waals surface area contributed by atoms with E-state index in [2.05, 4.69) is 32.6 Å². The number of benzene rings is 2. The van der Waals surface area contributed by atoms with Gasteiger partial charge in [-0.3, -0.25) is 0 Å². The van der Waals surface area contributed by atoms with Crippen molar-refractivity contribution in [1.82, 2.24) is 0 Å². The summed E-state index contributed by atoms with van der Waals surface area (Å²) in [5, 5.41) is 0. The molecule has 4 heteroatoms. The van der Waals surface area contributed by atoms with Crippen LogP contribution in [0.1, 0.15) is 57.9 Å². The first kappa shape index (κ1) is 24.8. The first-order valence-electron chi connectivity index (χ1n) is 11.2. The lowest BCUT2D eigenvalue weighted by Crippen LogP contribution is -2.08. The molecule has 2 rings (SSSR count). The number of allylic oxidation sites excluding steroid dienone is 1. The highest BCUT2D eigenvalue weighted by atomic mass is 19.2. The van der Waals surface area contributed by atoms with Gasteiger partial charge in [0.1, 0.15) is 6.61 Å². The van der Waals surface area contributed by atoms with Gasteiger partial charge in [0, 0.05) is 12.2 Å². The molecule has 31 heavy (non-hydrogen) atoms. The van der Waals surface area contributed by atoms with Crippen LogP contribution in [-0.4, -0.2) is 19.3 Å². The van der Waals surface area contributed by atoms with E-state index in [-0.39, 0.29) is 17.9 Å². The maximum atomic E-state index is 14.4. The Morgan fingerprint density at radius 1 is 1.00 bits per heavy atom. The Hall–Kier alpha value is -2.46. The van der Waals surface area contributed by atoms with Crippen molar-refractivity contribution in [3.63, 3.8) is 0 Å². The molecule has 0 fully saturated rings. The molecule has 0 amide bonds. The van der Waals surface area contributed by atoms with Crippen LogP contribution in [0.2, 0.25) is 0 Å². The van der Waals surface area contributed by atoms with Crippen molar-refractivity contribution in [2.45, 2.75) is 58.5 Å². The Morgan fingerprint density at radius 3 is 2.48 bits per heavy atom. The topological polar surface area (TPSA) is 18.5 Å². The van der Waals surface area contributed by atoms with Gasteiger partial charge in [-0.1, -0.05) is 68.8 Å². The normalized spacial score (nSPS) is 12.3. The quantitative estimate of drug-likeness (QED) is 0.224. The minimum Gasteiger partial charge on any atom is -0.486 e. The van der Waals surface area contributed by atoms with Gasteiger partial charge < -0.3 is 9.47 Å². The fourth-order valence-corrected chi connectivity index (χ4v) is 3.25. The Morgan fingerprint density at radius 2 is 1.77 bits per heavy atom. The fourth-order valence-electron chi connectivity index (χ4n) is 3.25. The molecule has 0 aliphatic carbocycles. The van der Waals surface area contributed by atoms with E-state index in [9.17, 15) is 8.78 Å². The lowest BCUT2D eigenvalue weighted by atomic mass is 10.0. The van der Waals surface area contributed by atoms with Gasteiger partial charge in [-0.25, -0.2) is 4.39 Å². The zero-order valence-electron chi connectivity index (χ0n) is 18.7. The lowest BCUT2D eigenvalue weighted by molar-refractivity contribution is 0.0566. The van der Waals surface area contributed by atoms with E-state index in [0.29, 0.717) is 11.7 Å². The number of ether oxygens (including phenoxy) is 2. The summed E-state index contributed by atoms with van der Waals surface area (Å²) in [5.41, 5.74) is 1.87. The smallest absolute Gasteiger partial charge is 0.201 e. The monoisotopic (exact) mass is 428 g/mol. The molecule has 0 aliphatic heterocycles. The summed E-state index contributed by atoms with van der Waals surface area (Å²) in [5.74, 6) is -2.00. The van der Waals surface area contributed by atoms with Crippen molar-refractivity contribution < 1.29 is 18.3 Å². The fraction of sp³-hybridized carbons (Fsp3) is 0.407. The maximum absolute atomic E-state index is 14.4. The Balaban J connectivity index is 1.84. The number of unbranched alkanes of at least 4 members (excludes halogenated alkanes) is 3. The van der Waals surface area contributed by atoms with Gasteiger partial charge in [0.2, 0.25) is 5.82 Å². The van der Waals surface area contributed by atoms with E-state index in [1.54, 1.807) is 12.1 Å². The number of hydrogen-bond acceptors (Lipinski definition) is 2. The van der Waals surface area contributed by atoms with E-state index in [4.69, 9.17) is 9.47 Å². The number of hydrogen-bond donors (Lipinski definition) is 0. The molecule has 0 saturated carbocycles. The molecule has 2 aromatic carbocycles. The molecule has 0 radical (unpaired) electrons. The maximum Gasteiger partial charge on any atom is 0.201 e. The summed E-state index contributed by atoms with van der Waals surface area (Å²) < 4.78 is 39.6. The van der Waals surface area contributed by atoms with Crippen LogP contribution in [0.3, 0.4) is 0 Å². The highest BCUT2D eigenvalue weighted by Crippen LogP contribution is 2.30. The average Bonchev–Trinajstić information content (AvgIpc) is 2.78. The van der Waals surface area contributed by atoms with Crippen molar-refractivity contribution in [3.8, 4) is 16.9 Å². The van der Waals surface area contributed by atoms with Crippen molar-refractivity contribution in [2.75, 3.05) is 13.2 Å². The van der Waals surface area contributed by atoms with Gasteiger partial charge in [0.25, 0.3) is 0 Å². The molecule has 0 spiro atoms. The van der Waals surface area contributed by atoms with Crippen LogP contribution < -0.4 is 4.74 Å². The average molecular weight is 429 g/mol. The second-order valence-corrected chi connectivity index (χ2v) is 7.68. The van der Waals surface area contributed by atoms with Gasteiger partial charge in [-0.05, 0) is 55.9 Å². The van der Waals surface area contributed by atoms with Crippen LogP contribution in [0.4, 0.5) is 8.78 Å². The second kappa shape index (κ2) is 13.8. The molecule has 1 atom stereocenters. The molecular formula is C27H34F2O2. The zero-order valence-corrected chi connectivity index (χ0v) is 18.7. The van der Waals surface area contributed by atoms with Gasteiger partial charge in [0.15, 0.2) is 11.6 Å². The minimum atomic E-state index is -0.980. The molecule has 0 saturated heterocycles. The number of rotatable bonds is 14. The molecule has 0 heterocycles. The standard InChI is InChI=1S/C27H34F2O2/c1-4-6-10-20-30-21(3)11-8-7-9-12-22-13-15-23(16-14-22)24-17-18-25(31-19-5-2)27(29)26(24)28/h5,9,12-18,21H,2,4,6-8,10-11,19-20H2,1,3H3. The summed E-state index contributed by atoms with van der Waals surface area (Å²) in [6.07, 6.45) is 12.7. The summed E-state index contributed by atoms with van der Waals surface area (Å²) in [6, 6.07) is 10.4. The van der Waals surface area contributed by atoms with Gasteiger partial charge in [-0.15, -0.1) is 0 Å². The molecule has 2 nitrogen and oxygen atoms in total. The molecule has 1 unspecified atom stereocenters. The van der Waals surface area contributed by atoms with Crippen molar-refractivity contribution in [2.24, 2.45) is 0 Å². The number of halogens is 2. The van der Waals surface area contributed by atoms with Crippen LogP contribution in [0.5, 0.6) is 5.75 Å². The highest BCUT2D eigenvalue weighted by Gasteiger charge is 2.15. The second-order valence-electron chi connectivity index (χ2n) is 7.68. The first-order chi connectivity index (χ1) is 15.1. The highest BCUT2D eigenvalue weighted by molar-refractivity contribution is 5.67. The molecule has 0 aromatic heterocycles. The van der Waals surface area contributed by atoms with Crippen molar-refractivity contribution >= 4 is 6.08 Å². The third kappa shape index (κ3) is 8.29. The predicted molar refractivity (Wildman–Crippen MR) is 125 cm³/mol. The Bertz CT molecular complexity index is 828. The summed E-state index contributed by atoms with van der Waals surface area (Å²) in [4.78, 5) is 0. The van der Waals surface area contributed by atoms with E-state index in [1.165, 1.54) is 31.1 Å². The largest absolute Gasteiger partial charge is 0.486 e. The Labute approximate surface area is 185 Å². The third-order valence-corrected chi connectivity index (χ3v) is 5.07. The molecule has 0 N–H and O–H groups in total. The molecular weight excluding hydrogens is 394 g/mol. The van der Waals surface area contributed by atoms with Gasteiger partial charge in [0.05, 0.1) is 6.10 Å². The van der Waals surface area contributed by atoms with E-state index < -0.39 is 11.6 Å². The van der Waals surface area contributed by atoms with Crippen LogP contribution in [0.15, 0.2) is 55.1 Å². The van der Waals surface area contributed by atoms with Crippen LogP contribution >= 0.6 is 0 Å². The Kier molecular flexibility index (Phi) is 11.0. The summed E-state index contributed by atoms with van der Waals surface area (Å²) in [6.45, 7) is 8.81. The van der Waals surface area contributed by atoms with E-state index in [1.807, 2.05) is 12.1 Å². The molecule has 168 valence electrons. The van der Waals surface area contributed by atoms with Crippen molar-refractivity contribution in [1.29, 1.82) is 0 Å². The summed E-state index contributed by atoms with van der Waals surface area (Å²) >= 11 is 0. The van der Waals surface area contributed by atoms with E-state index in [0.717, 1.165) is 37.9 Å². The zero-order chi connectivity index (χ0) is 22.5. The summed E-state index contributed by atoms with van der Waals surface area (Å²) in [7, 11) is 0. The van der Waals surface area contributed by atoms with Gasteiger partial charge in [-0.2, -0.15) is 4.39 Å². The van der Waals surface area contributed by atoms with Crippen LogP contribution in [-0.2, 0) is 4.74 Å². The molecule has 0 bridgehead atoms.